The van der Waals surface area contributed by atoms with Gasteiger partial charge in [0.25, 0.3) is 0 Å². The normalized spacial score (nSPS) is 10.4. The van der Waals surface area contributed by atoms with E-state index in [2.05, 4.69) is 10.4 Å². The van der Waals surface area contributed by atoms with Crippen molar-refractivity contribution in [2.45, 2.75) is 13.1 Å². The first kappa shape index (κ1) is 16.6. The molecule has 25 heavy (non-hydrogen) atoms. The van der Waals surface area contributed by atoms with Gasteiger partial charge in [-0.15, -0.1) is 0 Å². The van der Waals surface area contributed by atoms with Crippen LogP contribution in [-0.4, -0.2) is 28.6 Å². The van der Waals surface area contributed by atoms with E-state index in [0.717, 1.165) is 22.8 Å². The maximum absolute atomic E-state index is 9.26. The summed E-state index contributed by atoms with van der Waals surface area (Å²) in [5.41, 5.74) is 1.69. The minimum absolute atomic E-state index is 0.0206. The summed E-state index contributed by atoms with van der Waals surface area (Å²) in [5.74, 6) is 2.43. The first-order valence-electron chi connectivity index (χ1n) is 7.79. The van der Waals surface area contributed by atoms with Gasteiger partial charge in [-0.3, -0.25) is 0 Å². The Kier molecular flexibility index (Phi) is 5.02. The highest BCUT2D eigenvalue weighted by Gasteiger charge is 2.11. The molecule has 0 saturated carbocycles. The highest BCUT2D eigenvalue weighted by molar-refractivity contribution is 5.64. The number of furan rings is 1. The average molecular weight is 338 g/mol. The van der Waals surface area contributed by atoms with Gasteiger partial charge in [0.15, 0.2) is 0 Å². The molecule has 2 heterocycles. The summed E-state index contributed by atoms with van der Waals surface area (Å²) in [6.45, 7) is 0.761. The molecule has 2 N–H and O–H groups in total. The largest absolute Gasteiger partial charge is 0.497 e. The van der Waals surface area contributed by atoms with Gasteiger partial charge in [-0.1, -0.05) is 12.1 Å². The number of anilines is 1. The highest BCUT2D eigenvalue weighted by Crippen LogP contribution is 2.25. The maximum atomic E-state index is 9.26. The van der Waals surface area contributed by atoms with Gasteiger partial charge in [0.1, 0.15) is 23.4 Å². The molecule has 0 spiro atoms. The Hall–Kier alpha value is -3.24. The summed E-state index contributed by atoms with van der Waals surface area (Å²) >= 11 is 0. The minimum atomic E-state index is -0.0206. The summed E-state index contributed by atoms with van der Waals surface area (Å²) < 4.78 is 12.3. The number of ether oxygens (including phenoxy) is 1. The highest BCUT2D eigenvalue weighted by atomic mass is 16.5. The molecular formula is C18H18N4O3. The smallest absolute Gasteiger partial charge is 0.203 e. The van der Waals surface area contributed by atoms with Gasteiger partial charge in [-0.2, -0.15) is 10.4 Å². The number of aromatic nitrogens is 2. The predicted octanol–water partition coefficient (Wildman–Crippen LogP) is 2.63. The number of hydrogen-bond donors (Lipinski definition) is 2. The zero-order valence-corrected chi connectivity index (χ0v) is 13.8. The van der Waals surface area contributed by atoms with Crippen LogP contribution in [0.5, 0.6) is 5.75 Å². The van der Waals surface area contributed by atoms with Crippen molar-refractivity contribution in [3.8, 4) is 23.1 Å². The number of nitrogens with zero attached hydrogens (tertiary/aromatic N) is 3. The Balaban J connectivity index is 1.82. The van der Waals surface area contributed by atoms with E-state index in [4.69, 9.17) is 14.4 Å². The van der Waals surface area contributed by atoms with E-state index in [1.165, 1.54) is 0 Å². The van der Waals surface area contributed by atoms with Crippen molar-refractivity contribution in [3.05, 3.63) is 54.0 Å². The van der Waals surface area contributed by atoms with E-state index in [-0.39, 0.29) is 12.4 Å². The van der Waals surface area contributed by atoms with Crippen LogP contribution < -0.4 is 10.1 Å². The van der Waals surface area contributed by atoms with Gasteiger partial charge in [0.05, 0.1) is 32.5 Å². The summed E-state index contributed by atoms with van der Waals surface area (Å²) in [6.07, 6.45) is 0. The van der Waals surface area contributed by atoms with Crippen molar-refractivity contribution in [1.82, 2.24) is 9.78 Å². The number of aliphatic hydroxyl groups excluding tert-OH is 1. The third kappa shape index (κ3) is 3.82. The van der Waals surface area contributed by atoms with E-state index >= 15 is 0 Å². The molecule has 0 bridgehead atoms. The second-order valence-electron chi connectivity index (χ2n) is 5.32. The first-order valence-corrected chi connectivity index (χ1v) is 7.79. The van der Waals surface area contributed by atoms with Gasteiger partial charge in [-0.05, 0) is 24.3 Å². The fourth-order valence-electron chi connectivity index (χ4n) is 2.46. The lowest BCUT2D eigenvalue weighted by Crippen LogP contribution is -2.10. The Morgan fingerprint density at radius 2 is 2.20 bits per heavy atom. The Morgan fingerprint density at radius 1 is 1.32 bits per heavy atom. The molecule has 0 radical (unpaired) electrons. The monoisotopic (exact) mass is 338 g/mol. The molecule has 3 aromatic rings. The molecule has 0 aliphatic rings. The van der Waals surface area contributed by atoms with Crippen LogP contribution in [0.4, 0.5) is 5.82 Å². The standard InChI is InChI=1S/C18H18N4O3/c1-24-14-4-2-3-13(9-14)17-10-18(22(21-17)7-8-23)20-12-16-6-5-15(11-19)25-16/h2-6,9-10,20,23H,7-8,12H2,1H3. The second kappa shape index (κ2) is 7.55. The Labute approximate surface area is 145 Å². The number of hydrogen-bond acceptors (Lipinski definition) is 6. The minimum Gasteiger partial charge on any atom is -0.497 e. The lowest BCUT2D eigenvalue weighted by atomic mass is 10.1. The lowest BCUT2D eigenvalue weighted by Gasteiger charge is -2.06. The molecule has 0 amide bonds. The van der Waals surface area contributed by atoms with E-state index in [1.54, 1.807) is 23.9 Å². The zero-order valence-electron chi connectivity index (χ0n) is 13.8. The van der Waals surface area contributed by atoms with Crippen LogP contribution in [-0.2, 0) is 13.1 Å². The maximum Gasteiger partial charge on any atom is 0.203 e. The summed E-state index contributed by atoms with van der Waals surface area (Å²) in [7, 11) is 1.62. The third-order valence-corrected chi connectivity index (χ3v) is 3.67. The van der Waals surface area contributed by atoms with Crippen molar-refractivity contribution < 1.29 is 14.3 Å². The predicted molar refractivity (Wildman–Crippen MR) is 92.1 cm³/mol. The molecule has 0 fully saturated rings. The Bertz CT molecular complexity index is 892. The lowest BCUT2D eigenvalue weighted by molar-refractivity contribution is 0.270. The van der Waals surface area contributed by atoms with Crippen LogP contribution in [0.1, 0.15) is 11.5 Å². The van der Waals surface area contributed by atoms with Gasteiger partial charge in [0.2, 0.25) is 5.76 Å². The first-order chi connectivity index (χ1) is 12.2. The number of nitrogens with one attached hydrogen (secondary N) is 1. The topological polar surface area (TPSA) is 96.2 Å². The van der Waals surface area contributed by atoms with Crippen molar-refractivity contribution >= 4 is 5.82 Å². The molecule has 0 saturated heterocycles. The van der Waals surface area contributed by atoms with Crippen LogP contribution in [0.2, 0.25) is 0 Å². The second-order valence-corrected chi connectivity index (χ2v) is 5.32. The number of methoxy groups -OCH3 is 1. The molecule has 7 nitrogen and oxygen atoms in total. The van der Waals surface area contributed by atoms with Crippen molar-refractivity contribution in [3.63, 3.8) is 0 Å². The van der Waals surface area contributed by atoms with Crippen LogP contribution >= 0.6 is 0 Å². The van der Waals surface area contributed by atoms with Crippen LogP contribution in [0.3, 0.4) is 0 Å². The van der Waals surface area contributed by atoms with Crippen LogP contribution in [0.25, 0.3) is 11.3 Å². The SMILES string of the molecule is COc1cccc(-c2cc(NCc3ccc(C#N)o3)n(CCO)n2)c1. The third-order valence-electron chi connectivity index (χ3n) is 3.67. The zero-order chi connectivity index (χ0) is 17.6. The molecule has 0 atom stereocenters. The number of aliphatic hydroxyl groups is 1. The summed E-state index contributed by atoms with van der Waals surface area (Å²) in [5, 5.41) is 25.8. The van der Waals surface area contributed by atoms with E-state index < -0.39 is 0 Å². The fraction of sp³-hybridized carbons (Fsp3) is 0.222. The van der Waals surface area contributed by atoms with E-state index in [9.17, 15) is 5.11 Å². The van der Waals surface area contributed by atoms with Crippen LogP contribution in [0.15, 0.2) is 46.9 Å². The van der Waals surface area contributed by atoms with Gasteiger partial charge < -0.3 is 19.6 Å². The average Bonchev–Trinajstić information content (AvgIpc) is 3.27. The van der Waals surface area contributed by atoms with Gasteiger partial charge >= 0.3 is 0 Å². The van der Waals surface area contributed by atoms with Crippen molar-refractivity contribution in [2.75, 3.05) is 19.0 Å². The summed E-state index contributed by atoms with van der Waals surface area (Å²) in [4.78, 5) is 0. The van der Waals surface area contributed by atoms with Gasteiger partial charge in [-0.25, -0.2) is 4.68 Å². The summed E-state index contributed by atoms with van der Waals surface area (Å²) in [6, 6.07) is 14.9. The molecule has 1 aromatic carbocycles. The van der Waals surface area contributed by atoms with Crippen molar-refractivity contribution in [1.29, 1.82) is 5.26 Å². The molecule has 3 rings (SSSR count). The van der Waals surface area contributed by atoms with Gasteiger partial charge in [0, 0.05) is 11.6 Å². The molecule has 128 valence electrons. The number of benzene rings is 1. The van der Waals surface area contributed by atoms with E-state index in [0.29, 0.717) is 18.8 Å². The van der Waals surface area contributed by atoms with Crippen LogP contribution in [0, 0.1) is 11.3 Å². The number of nitriles is 1. The molecule has 0 aliphatic carbocycles. The van der Waals surface area contributed by atoms with Crippen molar-refractivity contribution in [2.24, 2.45) is 0 Å². The molecular weight excluding hydrogens is 320 g/mol. The molecule has 0 aliphatic heterocycles. The number of rotatable bonds is 7. The molecule has 0 unspecified atom stereocenters. The quantitative estimate of drug-likeness (QED) is 0.687. The Morgan fingerprint density at radius 3 is 2.92 bits per heavy atom. The van der Waals surface area contributed by atoms with E-state index in [1.807, 2.05) is 36.4 Å². The molecule has 2 aromatic heterocycles. The molecule has 7 heteroatoms. The fourth-order valence-corrected chi connectivity index (χ4v) is 2.46.